The number of hydrogen-bond donors (Lipinski definition) is 1. The highest BCUT2D eigenvalue weighted by Crippen LogP contribution is 2.28. The van der Waals surface area contributed by atoms with E-state index < -0.39 is 18.5 Å². The number of para-hydroxylation sites is 1. The lowest BCUT2D eigenvalue weighted by molar-refractivity contribution is -0.119. The molecule has 0 saturated heterocycles. The molecule has 4 rings (SSSR count). The number of amides is 1. The second-order valence-electron chi connectivity index (χ2n) is 6.52. The molecule has 1 N–H and O–H groups in total. The van der Waals surface area contributed by atoms with Crippen LogP contribution >= 0.6 is 11.6 Å². The summed E-state index contributed by atoms with van der Waals surface area (Å²) in [6.45, 7) is -0.485. The van der Waals surface area contributed by atoms with Crippen molar-refractivity contribution in [3.05, 3.63) is 77.5 Å². The number of nitrogens with one attached hydrogen (secondary N) is 1. The van der Waals surface area contributed by atoms with E-state index in [1.54, 1.807) is 54.6 Å². The number of carbonyl (C=O) groups is 2. The number of esters is 1. The first-order valence-corrected chi connectivity index (χ1v) is 9.67. The van der Waals surface area contributed by atoms with Crippen LogP contribution in [0.3, 0.4) is 0 Å². The number of pyridine rings is 1. The zero-order valence-electron chi connectivity index (χ0n) is 16.4. The van der Waals surface area contributed by atoms with Crippen molar-refractivity contribution < 1.29 is 23.5 Å². The van der Waals surface area contributed by atoms with Crippen molar-refractivity contribution in [1.29, 1.82) is 0 Å². The fraction of sp³-hybridized carbons (Fsp3) is 0.0870. The Labute approximate surface area is 182 Å². The molecule has 1 amide bonds. The number of halogens is 1. The van der Waals surface area contributed by atoms with Gasteiger partial charge < -0.3 is 19.2 Å². The number of aromatic nitrogens is 1. The summed E-state index contributed by atoms with van der Waals surface area (Å²) in [6.07, 6.45) is 1.53. The summed E-state index contributed by atoms with van der Waals surface area (Å²) in [5.41, 5.74) is 1.76. The molecular weight excluding hydrogens is 420 g/mol. The third-order valence-corrected chi connectivity index (χ3v) is 4.71. The van der Waals surface area contributed by atoms with E-state index in [0.29, 0.717) is 38.8 Å². The topological polar surface area (TPSA) is 90.7 Å². The number of hydrogen-bond acceptors (Lipinski definition) is 6. The van der Waals surface area contributed by atoms with Gasteiger partial charge in [0.1, 0.15) is 11.4 Å². The first-order valence-electron chi connectivity index (χ1n) is 9.29. The van der Waals surface area contributed by atoms with Crippen molar-refractivity contribution in [1.82, 2.24) is 4.98 Å². The zero-order valence-corrected chi connectivity index (χ0v) is 17.2. The number of nitrogens with zero attached hydrogens (tertiary/aromatic N) is 1. The smallest absolute Gasteiger partial charge is 0.339 e. The monoisotopic (exact) mass is 436 g/mol. The van der Waals surface area contributed by atoms with Gasteiger partial charge in [0, 0.05) is 10.4 Å². The van der Waals surface area contributed by atoms with Crippen molar-refractivity contribution in [3.8, 4) is 17.2 Å². The highest BCUT2D eigenvalue weighted by Gasteiger charge is 2.18. The molecule has 0 aliphatic carbocycles. The molecule has 2 heterocycles. The minimum absolute atomic E-state index is 0.283. The van der Waals surface area contributed by atoms with Crippen LogP contribution in [-0.2, 0) is 9.53 Å². The molecule has 0 unspecified atom stereocenters. The van der Waals surface area contributed by atoms with Crippen LogP contribution in [0.2, 0.25) is 5.02 Å². The fourth-order valence-electron chi connectivity index (χ4n) is 3.07. The van der Waals surface area contributed by atoms with E-state index in [2.05, 4.69) is 10.3 Å². The van der Waals surface area contributed by atoms with Gasteiger partial charge in [0.15, 0.2) is 12.4 Å². The number of benzene rings is 2. The second kappa shape index (κ2) is 8.89. The van der Waals surface area contributed by atoms with Crippen molar-refractivity contribution in [2.75, 3.05) is 19.0 Å². The second-order valence-corrected chi connectivity index (χ2v) is 6.95. The third-order valence-electron chi connectivity index (χ3n) is 4.48. The number of methoxy groups -OCH3 is 1. The van der Waals surface area contributed by atoms with Crippen molar-refractivity contribution in [2.45, 2.75) is 0 Å². The van der Waals surface area contributed by atoms with E-state index in [4.69, 9.17) is 25.5 Å². The zero-order chi connectivity index (χ0) is 21.8. The molecule has 0 spiro atoms. The molecular formula is C23H17ClN2O5. The van der Waals surface area contributed by atoms with Gasteiger partial charge in [-0.3, -0.25) is 4.79 Å². The van der Waals surface area contributed by atoms with Gasteiger partial charge in [0.25, 0.3) is 5.91 Å². The molecule has 0 fully saturated rings. The summed E-state index contributed by atoms with van der Waals surface area (Å²) in [4.78, 5) is 29.7. The average Bonchev–Trinajstić information content (AvgIpc) is 3.32. The molecule has 0 saturated carbocycles. The molecule has 4 aromatic rings. The number of carbonyl (C=O) groups excluding carboxylic acids is 2. The minimum atomic E-state index is -0.653. The highest BCUT2D eigenvalue weighted by atomic mass is 35.5. The summed E-state index contributed by atoms with van der Waals surface area (Å²) >= 11 is 5.97. The number of furan rings is 1. The van der Waals surface area contributed by atoms with Crippen molar-refractivity contribution in [2.24, 2.45) is 0 Å². The van der Waals surface area contributed by atoms with Gasteiger partial charge in [-0.15, -0.1) is 0 Å². The van der Waals surface area contributed by atoms with Gasteiger partial charge in [-0.05, 0) is 42.5 Å². The van der Waals surface area contributed by atoms with Gasteiger partial charge in [0.2, 0.25) is 0 Å². The Hall–Kier alpha value is -3.84. The van der Waals surface area contributed by atoms with Gasteiger partial charge in [-0.2, -0.15) is 0 Å². The van der Waals surface area contributed by atoms with Crippen LogP contribution in [0.4, 0.5) is 5.69 Å². The Morgan fingerprint density at radius 2 is 1.94 bits per heavy atom. The van der Waals surface area contributed by atoms with Crippen LogP contribution in [0.15, 0.2) is 71.3 Å². The predicted molar refractivity (Wildman–Crippen MR) is 116 cm³/mol. The summed E-state index contributed by atoms with van der Waals surface area (Å²) < 4.78 is 15.9. The third kappa shape index (κ3) is 4.51. The molecule has 0 radical (unpaired) electrons. The maximum Gasteiger partial charge on any atom is 0.339 e. The summed E-state index contributed by atoms with van der Waals surface area (Å²) in [5.74, 6) is -0.226. The lowest BCUT2D eigenvalue weighted by Crippen LogP contribution is -2.21. The van der Waals surface area contributed by atoms with Crippen LogP contribution in [0.5, 0.6) is 5.75 Å². The molecule has 0 aliphatic heterocycles. The van der Waals surface area contributed by atoms with E-state index in [1.165, 1.54) is 13.4 Å². The van der Waals surface area contributed by atoms with Crippen molar-refractivity contribution >= 4 is 40.1 Å². The molecule has 2 aromatic heterocycles. The highest BCUT2D eigenvalue weighted by molar-refractivity contribution is 6.31. The average molecular weight is 437 g/mol. The molecule has 0 aliphatic rings. The van der Waals surface area contributed by atoms with Crippen LogP contribution in [0.25, 0.3) is 22.4 Å². The lowest BCUT2D eigenvalue weighted by atomic mass is 10.1. The van der Waals surface area contributed by atoms with Crippen LogP contribution < -0.4 is 10.1 Å². The van der Waals surface area contributed by atoms with Crippen LogP contribution in [-0.4, -0.2) is 30.6 Å². The quantitative estimate of drug-likeness (QED) is 0.430. The molecule has 156 valence electrons. The summed E-state index contributed by atoms with van der Waals surface area (Å²) in [7, 11) is 1.48. The molecule has 31 heavy (non-hydrogen) atoms. The molecule has 0 atom stereocenters. The van der Waals surface area contributed by atoms with E-state index in [1.807, 2.05) is 6.07 Å². The van der Waals surface area contributed by atoms with Gasteiger partial charge in [-0.1, -0.05) is 29.8 Å². The summed E-state index contributed by atoms with van der Waals surface area (Å²) in [5, 5.41) is 3.67. The lowest BCUT2D eigenvalue weighted by Gasteiger charge is -2.12. The summed E-state index contributed by atoms with van der Waals surface area (Å²) in [6, 6.07) is 17.1. The maximum atomic E-state index is 12.8. The Morgan fingerprint density at radius 1 is 1.10 bits per heavy atom. The molecule has 8 heteroatoms. The number of anilines is 1. The Bertz CT molecular complexity index is 1250. The number of fused-ring (bicyclic) bond motifs is 1. The van der Waals surface area contributed by atoms with Gasteiger partial charge in [-0.25, -0.2) is 9.78 Å². The Balaban J connectivity index is 1.54. The largest absolute Gasteiger partial charge is 0.495 e. The Morgan fingerprint density at radius 3 is 2.71 bits per heavy atom. The molecule has 0 bridgehead atoms. The van der Waals surface area contributed by atoms with E-state index in [-0.39, 0.29) is 5.56 Å². The number of ether oxygens (including phenoxy) is 2. The van der Waals surface area contributed by atoms with Gasteiger partial charge >= 0.3 is 5.97 Å². The maximum absolute atomic E-state index is 12.8. The first kappa shape index (κ1) is 20.4. The van der Waals surface area contributed by atoms with Crippen molar-refractivity contribution in [3.63, 3.8) is 0 Å². The van der Waals surface area contributed by atoms with Crippen LogP contribution in [0, 0.1) is 0 Å². The van der Waals surface area contributed by atoms with E-state index in [0.717, 1.165) is 0 Å². The molecule has 7 nitrogen and oxygen atoms in total. The first-order chi connectivity index (χ1) is 15.0. The Kier molecular flexibility index (Phi) is 5.86. The normalized spacial score (nSPS) is 10.6. The molecule has 2 aromatic carbocycles. The van der Waals surface area contributed by atoms with E-state index in [9.17, 15) is 9.59 Å². The fourth-order valence-corrected chi connectivity index (χ4v) is 3.24. The predicted octanol–water partition coefficient (Wildman–Crippen LogP) is 4.95. The SMILES string of the molecule is COc1ccc(Cl)cc1NC(=O)COC(=O)c1cc(-c2ccco2)nc2ccccc12. The van der Waals surface area contributed by atoms with E-state index >= 15 is 0 Å². The minimum Gasteiger partial charge on any atom is -0.495 e. The standard InChI is InChI=1S/C23H17ClN2O5/c1-29-20-9-8-14(24)11-18(20)26-22(27)13-31-23(28)16-12-19(21-7-4-10-30-21)25-17-6-3-2-5-15(16)17/h2-12H,13H2,1H3,(H,26,27). The van der Waals surface area contributed by atoms with Crippen LogP contribution in [0.1, 0.15) is 10.4 Å². The number of rotatable bonds is 6. The van der Waals surface area contributed by atoms with Gasteiger partial charge in [0.05, 0.1) is 30.1 Å².